The van der Waals surface area contributed by atoms with Crippen LogP contribution in [0.4, 0.5) is 5.13 Å². The number of nitrogens with one attached hydrogen (secondary N) is 1. The first-order valence-electron chi connectivity index (χ1n) is 6.05. The van der Waals surface area contributed by atoms with Gasteiger partial charge in [-0.2, -0.15) is 5.10 Å². The van der Waals surface area contributed by atoms with E-state index < -0.39 is 0 Å². The van der Waals surface area contributed by atoms with Crippen LogP contribution >= 0.6 is 22.9 Å². The van der Waals surface area contributed by atoms with E-state index in [-0.39, 0.29) is 11.6 Å². The second kappa shape index (κ2) is 5.63. The molecule has 0 spiro atoms. The van der Waals surface area contributed by atoms with Crippen molar-refractivity contribution in [2.75, 3.05) is 5.32 Å². The predicted octanol–water partition coefficient (Wildman–Crippen LogP) is 2.94. The highest BCUT2D eigenvalue weighted by molar-refractivity contribution is 7.15. The maximum Gasteiger partial charge on any atom is 0.277 e. The van der Waals surface area contributed by atoms with Crippen LogP contribution in [-0.4, -0.2) is 25.9 Å². The second-order valence-corrected chi connectivity index (χ2v) is 5.77. The molecule has 0 saturated heterocycles. The zero-order valence-electron chi connectivity index (χ0n) is 10.9. The van der Waals surface area contributed by atoms with Gasteiger partial charge in [-0.1, -0.05) is 35.1 Å². The smallest absolute Gasteiger partial charge is 0.277 e. The topological polar surface area (TPSA) is 72.7 Å². The molecule has 0 bridgehead atoms. The third kappa shape index (κ3) is 2.93. The van der Waals surface area contributed by atoms with Crippen LogP contribution in [0.1, 0.15) is 15.5 Å². The fraction of sp³-hybridized carbons (Fsp3) is 0.0769. The van der Waals surface area contributed by atoms with Gasteiger partial charge in [0.2, 0.25) is 5.13 Å². The number of anilines is 1. The van der Waals surface area contributed by atoms with Gasteiger partial charge in [-0.25, -0.2) is 4.68 Å². The van der Waals surface area contributed by atoms with Crippen LogP contribution in [0.3, 0.4) is 0 Å². The van der Waals surface area contributed by atoms with E-state index in [1.807, 2.05) is 25.1 Å². The Morgan fingerprint density at radius 2 is 2.10 bits per heavy atom. The molecule has 0 aliphatic rings. The molecule has 8 heteroatoms. The third-order valence-electron chi connectivity index (χ3n) is 2.67. The number of rotatable bonds is 3. The first-order valence-corrected chi connectivity index (χ1v) is 7.25. The lowest BCUT2D eigenvalue weighted by molar-refractivity contribution is 0.102. The molecule has 0 radical (unpaired) electrons. The number of benzene rings is 1. The minimum absolute atomic E-state index is 0.280. The molecular formula is C13H10ClN5OS. The third-order valence-corrected chi connectivity index (χ3v) is 3.74. The van der Waals surface area contributed by atoms with Crippen molar-refractivity contribution in [2.45, 2.75) is 6.92 Å². The number of amides is 1. The fourth-order valence-corrected chi connectivity index (χ4v) is 2.53. The molecule has 2 aromatic heterocycles. The summed E-state index contributed by atoms with van der Waals surface area (Å²) in [5.74, 6) is -0.336. The van der Waals surface area contributed by atoms with E-state index in [1.165, 1.54) is 11.3 Å². The summed E-state index contributed by atoms with van der Waals surface area (Å²) in [7, 11) is 0. The summed E-state index contributed by atoms with van der Waals surface area (Å²) in [6.45, 7) is 1.82. The molecule has 6 nitrogen and oxygen atoms in total. The van der Waals surface area contributed by atoms with Crippen LogP contribution in [0.15, 0.2) is 36.5 Å². The van der Waals surface area contributed by atoms with Gasteiger partial charge in [0, 0.05) is 6.20 Å². The number of hydrogen-bond donors (Lipinski definition) is 1. The Bertz CT molecular complexity index is 797. The SMILES string of the molecule is Cc1nnc(NC(=O)c2ccn(-c3ccccc3Cl)n2)s1. The summed E-state index contributed by atoms with van der Waals surface area (Å²) in [5, 5.41) is 16.4. The first-order chi connectivity index (χ1) is 10.1. The number of nitrogens with zero attached hydrogens (tertiary/aromatic N) is 4. The standard InChI is InChI=1S/C13H10ClN5OS/c1-8-16-17-13(21-8)15-12(20)10-6-7-19(18-10)11-5-3-2-4-9(11)14/h2-7H,1H3,(H,15,17,20). The molecule has 0 saturated carbocycles. The molecule has 3 aromatic rings. The summed E-state index contributed by atoms with van der Waals surface area (Å²) in [5.41, 5.74) is 0.993. The molecule has 0 aliphatic heterocycles. The van der Waals surface area contributed by atoms with Crippen molar-refractivity contribution < 1.29 is 4.79 Å². The van der Waals surface area contributed by atoms with E-state index in [4.69, 9.17) is 11.6 Å². The Morgan fingerprint density at radius 3 is 2.81 bits per heavy atom. The molecule has 0 aliphatic carbocycles. The molecule has 1 aromatic carbocycles. The summed E-state index contributed by atoms with van der Waals surface area (Å²) >= 11 is 7.41. The van der Waals surface area contributed by atoms with E-state index in [9.17, 15) is 4.79 Å². The number of aryl methyl sites for hydroxylation is 1. The van der Waals surface area contributed by atoms with Crippen LogP contribution < -0.4 is 5.32 Å². The quantitative estimate of drug-likeness (QED) is 0.805. The van der Waals surface area contributed by atoms with Gasteiger partial charge in [0.15, 0.2) is 5.69 Å². The minimum atomic E-state index is -0.336. The van der Waals surface area contributed by atoms with Crippen molar-refractivity contribution in [2.24, 2.45) is 0 Å². The van der Waals surface area contributed by atoms with Crippen LogP contribution in [0.5, 0.6) is 0 Å². The number of hydrogen-bond acceptors (Lipinski definition) is 5. The van der Waals surface area contributed by atoms with Gasteiger partial charge in [-0.05, 0) is 25.1 Å². The summed E-state index contributed by atoms with van der Waals surface area (Å²) < 4.78 is 1.56. The summed E-state index contributed by atoms with van der Waals surface area (Å²) in [6, 6.07) is 8.90. The average molecular weight is 320 g/mol. The highest BCUT2D eigenvalue weighted by Gasteiger charge is 2.13. The Morgan fingerprint density at radius 1 is 1.29 bits per heavy atom. The van der Waals surface area contributed by atoms with Crippen molar-refractivity contribution >= 4 is 34.0 Å². The van der Waals surface area contributed by atoms with Crippen molar-refractivity contribution in [3.05, 3.63) is 52.3 Å². The number of carbonyl (C=O) groups excluding carboxylic acids is 1. The van der Waals surface area contributed by atoms with Crippen LogP contribution in [-0.2, 0) is 0 Å². The Hall–Kier alpha value is -2.25. The van der Waals surface area contributed by atoms with Gasteiger partial charge in [-0.15, -0.1) is 10.2 Å². The molecule has 106 valence electrons. The Kier molecular flexibility index (Phi) is 3.68. The monoisotopic (exact) mass is 319 g/mol. The first kappa shape index (κ1) is 13.7. The van der Waals surface area contributed by atoms with Gasteiger partial charge in [0.1, 0.15) is 5.01 Å². The molecule has 2 heterocycles. The molecule has 21 heavy (non-hydrogen) atoms. The maximum atomic E-state index is 12.1. The highest BCUT2D eigenvalue weighted by atomic mass is 35.5. The Labute approximate surface area is 129 Å². The van der Waals surface area contributed by atoms with Crippen LogP contribution in [0.25, 0.3) is 5.69 Å². The average Bonchev–Trinajstić information content (AvgIpc) is 3.09. The van der Waals surface area contributed by atoms with E-state index in [1.54, 1.807) is 23.0 Å². The molecule has 1 amide bonds. The van der Waals surface area contributed by atoms with E-state index >= 15 is 0 Å². The van der Waals surface area contributed by atoms with Gasteiger partial charge in [0.05, 0.1) is 10.7 Å². The van der Waals surface area contributed by atoms with Crippen molar-refractivity contribution in [1.29, 1.82) is 0 Å². The lowest BCUT2D eigenvalue weighted by Crippen LogP contribution is -2.13. The van der Waals surface area contributed by atoms with Gasteiger partial charge in [-0.3, -0.25) is 10.1 Å². The lowest BCUT2D eigenvalue weighted by atomic mass is 10.3. The van der Waals surface area contributed by atoms with Gasteiger partial charge >= 0.3 is 0 Å². The van der Waals surface area contributed by atoms with Crippen LogP contribution in [0, 0.1) is 6.92 Å². The van der Waals surface area contributed by atoms with E-state index in [2.05, 4.69) is 20.6 Å². The largest absolute Gasteiger partial charge is 0.295 e. The molecular weight excluding hydrogens is 310 g/mol. The molecule has 0 unspecified atom stereocenters. The Balaban J connectivity index is 1.82. The number of carbonyl (C=O) groups is 1. The zero-order chi connectivity index (χ0) is 14.8. The second-order valence-electron chi connectivity index (χ2n) is 4.18. The number of para-hydroxylation sites is 1. The number of halogens is 1. The van der Waals surface area contributed by atoms with Crippen LogP contribution in [0.2, 0.25) is 5.02 Å². The van der Waals surface area contributed by atoms with Crippen molar-refractivity contribution in [3.8, 4) is 5.69 Å². The molecule has 0 atom stereocenters. The maximum absolute atomic E-state index is 12.1. The molecule has 0 fully saturated rings. The fourth-order valence-electron chi connectivity index (χ4n) is 1.72. The van der Waals surface area contributed by atoms with Gasteiger partial charge in [0.25, 0.3) is 5.91 Å². The number of aromatic nitrogens is 4. The predicted molar refractivity (Wildman–Crippen MR) is 81.2 cm³/mol. The highest BCUT2D eigenvalue weighted by Crippen LogP contribution is 2.19. The van der Waals surface area contributed by atoms with E-state index in [0.717, 1.165) is 5.01 Å². The zero-order valence-corrected chi connectivity index (χ0v) is 12.5. The summed E-state index contributed by atoms with van der Waals surface area (Å²) in [6.07, 6.45) is 1.68. The normalized spacial score (nSPS) is 10.6. The lowest BCUT2D eigenvalue weighted by Gasteiger charge is -2.03. The molecule has 3 rings (SSSR count). The van der Waals surface area contributed by atoms with Crippen molar-refractivity contribution in [1.82, 2.24) is 20.0 Å². The van der Waals surface area contributed by atoms with E-state index in [0.29, 0.717) is 15.8 Å². The summed E-state index contributed by atoms with van der Waals surface area (Å²) in [4.78, 5) is 12.1. The van der Waals surface area contributed by atoms with Gasteiger partial charge < -0.3 is 0 Å². The molecule has 1 N–H and O–H groups in total. The van der Waals surface area contributed by atoms with Crippen molar-refractivity contribution in [3.63, 3.8) is 0 Å². The minimum Gasteiger partial charge on any atom is -0.295 e.